The molecular formula is C21H34IN5O. The third-order valence-electron chi connectivity index (χ3n) is 4.57. The molecule has 0 saturated carbocycles. The van der Waals surface area contributed by atoms with Crippen LogP contribution in [0.4, 0.5) is 0 Å². The highest BCUT2D eigenvalue weighted by Gasteiger charge is 2.14. The number of hydrogen-bond acceptors (Lipinski definition) is 3. The predicted molar refractivity (Wildman–Crippen MR) is 127 cm³/mol. The Hall–Kier alpha value is -1.77. The van der Waals surface area contributed by atoms with E-state index in [2.05, 4.69) is 47.6 Å². The Labute approximate surface area is 186 Å². The van der Waals surface area contributed by atoms with Crippen molar-refractivity contribution in [3.8, 4) is 5.75 Å². The van der Waals surface area contributed by atoms with Gasteiger partial charge in [-0.3, -0.25) is 9.67 Å². The highest BCUT2D eigenvalue weighted by Crippen LogP contribution is 2.15. The van der Waals surface area contributed by atoms with Crippen molar-refractivity contribution >= 4 is 29.9 Å². The monoisotopic (exact) mass is 499 g/mol. The molecule has 2 N–H and O–H groups in total. The number of nitrogens with zero attached hydrogens (tertiary/aromatic N) is 3. The lowest BCUT2D eigenvalue weighted by molar-refractivity contribution is 0.223. The Morgan fingerprint density at radius 2 is 2.00 bits per heavy atom. The van der Waals surface area contributed by atoms with Crippen LogP contribution in [0.25, 0.3) is 0 Å². The van der Waals surface area contributed by atoms with Crippen molar-refractivity contribution in [2.24, 2.45) is 12.0 Å². The Bertz CT molecular complexity index is 772. The van der Waals surface area contributed by atoms with Gasteiger partial charge in [-0.1, -0.05) is 26.0 Å². The lowest BCUT2D eigenvalue weighted by Gasteiger charge is -2.18. The molecule has 0 saturated heterocycles. The number of guanidine groups is 1. The summed E-state index contributed by atoms with van der Waals surface area (Å²) in [5.41, 5.74) is 4.88. The summed E-state index contributed by atoms with van der Waals surface area (Å²) in [6, 6.07) is 8.10. The summed E-state index contributed by atoms with van der Waals surface area (Å²) < 4.78 is 7.96. The molecule has 0 aliphatic heterocycles. The maximum absolute atomic E-state index is 5.97. The van der Waals surface area contributed by atoms with Gasteiger partial charge in [0.15, 0.2) is 5.96 Å². The SMILES string of the molecule is CCc1nn(C)c(CC)c1CNC(=NC)NCC(C)Oc1cccc(C)c1.I. The third-order valence-corrected chi connectivity index (χ3v) is 4.57. The first kappa shape index (κ1) is 24.3. The molecule has 0 bridgehead atoms. The fraction of sp³-hybridized carbons (Fsp3) is 0.524. The average molecular weight is 499 g/mol. The van der Waals surface area contributed by atoms with E-state index in [1.807, 2.05) is 36.9 Å². The van der Waals surface area contributed by atoms with Crippen LogP contribution < -0.4 is 15.4 Å². The Morgan fingerprint density at radius 1 is 1.25 bits per heavy atom. The fourth-order valence-electron chi connectivity index (χ4n) is 3.19. The number of aliphatic imine (C=N–C) groups is 1. The van der Waals surface area contributed by atoms with Gasteiger partial charge in [-0.2, -0.15) is 5.10 Å². The number of nitrogens with one attached hydrogen (secondary N) is 2. The fourth-order valence-corrected chi connectivity index (χ4v) is 3.19. The molecule has 1 aromatic carbocycles. The normalized spacial score (nSPS) is 12.3. The third kappa shape index (κ3) is 6.68. The number of ether oxygens (including phenoxy) is 1. The Kier molecular flexibility index (Phi) is 10.3. The van der Waals surface area contributed by atoms with E-state index in [4.69, 9.17) is 4.74 Å². The second kappa shape index (κ2) is 11.9. The second-order valence-corrected chi connectivity index (χ2v) is 6.75. The summed E-state index contributed by atoms with van der Waals surface area (Å²) >= 11 is 0. The Morgan fingerprint density at radius 3 is 2.61 bits per heavy atom. The van der Waals surface area contributed by atoms with Crippen molar-refractivity contribution in [3.05, 3.63) is 46.8 Å². The van der Waals surface area contributed by atoms with Crippen LogP contribution in [0.2, 0.25) is 0 Å². The van der Waals surface area contributed by atoms with E-state index in [9.17, 15) is 0 Å². The molecule has 1 atom stereocenters. The van der Waals surface area contributed by atoms with Crippen molar-refractivity contribution in [2.75, 3.05) is 13.6 Å². The van der Waals surface area contributed by atoms with Crippen LogP contribution in [-0.2, 0) is 26.4 Å². The van der Waals surface area contributed by atoms with Gasteiger partial charge in [0.05, 0.1) is 12.2 Å². The topological polar surface area (TPSA) is 63.5 Å². The maximum atomic E-state index is 5.97. The van der Waals surface area contributed by atoms with Gasteiger partial charge in [-0.05, 0) is 44.4 Å². The number of halogens is 1. The number of aryl methyl sites for hydroxylation is 3. The molecule has 2 aromatic rings. The van der Waals surface area contributed by atoms with Crippen LogP contribution in [0, 0.1) is 6.92 Å². The molecule has 7 heteroatoms. The molecule has 1 heterocycles. The Balaban J connectivity index is 0.00000392. The van der Waals surface area contributed by atoms with Gasteiger partial charge in [0.25, 0.3) is 0 Å². The second-order valence-electron chi connectivity index (χ2n) is 6.75. The summed E-state index contributed by atoms with van der Waals surface area (Å²) in [6.07, 6.45) is 1.92. The van der Waals surface area contributed by atoms with E-state index < -0.39 is 0 Å². The predicted octanol–water partition coefficient (Wildman–Crippen LogP) is 3.60. The molecule has 28 heavy (non-hydrogen) atoms. The maximum Gasteiger partial charge on any atom is 0.191 e. The minimum Gasteiger partial charge on any atom is -0.489 e. The summed E-state index contributed by atoms with van der Waals surface area (Å²) in [6.45, 7) is 9.80. The molecule has 0 fully saturated rings. The molecule has 6 nitrogen and oxygen atoms in total. The lowest BCUT2D eigenvalue weighted by Crippen LogP contribution is -2.41. The van der Waals surface area contributed by atoms with Gasteiger partial charge < -0.3 is 15.4 Å². The summed E-state index contributed by atoms with van der Waals surface area (Å²) in [7, 11) is 3.80. The van der Waals surface area contributed by atoms with Crippen molar-refractivity contribution in [1.29, 1.82) is 0 Å². The largest absolute Gasteiger partial charge is 0.489 e. The summed E-state index contributed by atoms with van der Waals surface area (Å²) in [4.78, 5) is 4.33. The summed E-state index contributed by atoms with van der Waals surface area (Å²) in [5, 5.41) is 11.4. The van der Waals surface area contributed by atoms with E-state index in [0.717, 1.165) is 30.2 Å². The molecular weight excluding hydrogens is 465 g/mol. The van der Waals surface area contributed by atoms with Gasteiger partial charge in [0.2, 0.25) is 0 Å². The minimum atomic E-state index is 0. The van der Waals surface area contributed by atoms with Crippen LogP contribution in [0.5, 0.6) is 5.75 Å². The molecule has 1 aromatic heterocycles. The standard InChI is InChI=1S/C21H33N5O.HI/c1-7-19-18(20(8-2)26(6)25-19)14-24-21(22-5)23-13-16(4)27-17-11-9-10-15(3)12-17;/h9-12,16H,7-8,13-14H2,1-6H3,(H2,22,23,24);1H. The van der Waals surface area contributed by atoms with Crippen molar-refractivity contribution in [3.63, 3.8) is 0 Å². The van der Waals surface area contributed by atoms with Crippen LogP contribution in [0.15, 0.2) is 29.3 Å². The van der Waals surface area contributed by atoms with Gasteiger partial charge >= 0.3 is 0 Å². The smallest absolute Gasteiger partial charge is 0.191 e. The zero-order valence-corrected chi connectivity index (χ0v) is 20.2. The van der Waals surface area contributed by atoms with E-state index in [0.29, 0.717) is 13.1 Å². The van der Waals surface area contributed by atoms with Crippen molar-refractivity contribution < 1.29 is 4.74 Å². The van der Waals surface area contributed by atoms with E-state index in [1.165, 1.54) is 16.8 Å². The van der Waals surface area contributed by atoms with Crippen LogP contribution >= 0.6 is 24.0 Å². The number of hydrogen-bond donors (Lipinski definition) is 2. The first-order chi connectivity index (χ1) is 13.0. The highest BCUT2D eigenvalue weighted by atomic mass is 127. The van der Waals surface area contributed by atoms with E-state index >= 15 is 0 Å². The van der Waals surface area contributed by atoms with Gasteiger partial charge in [-0.15, -0.1) is 24.0 Å². The molecule has 0 spiro atoms. The van der Waals surface area contributed by atoms with Crippen LogP contribution in [0.1, 0.15) is 43.3 Å². The molecule has 0 amide bonds. The quantitative estimate of drug-likeness (QED) is 0.331. The van der Waals surface area contributed by atoms with Crippen molar-refractivity contribution in [2.45, 2.75) is 53.2 Å². The van der Waals surface area contributed by atoms with Crippen LogP contribution in [0.3, 0.4) is 0 Å². The number of benzene rings is 1. The van der Waals surface area contributed by atoms with Gasteiger partial charge in [-0.25, -0.2) is 0 Å². The lowest BCUT2D eigenvalue weighted by atomic mass is 10.1. The van der Waals surface area contributed by atoms with Gasteiger partial charge in [0.1, 0.15) is 11.9 Å². The van der Waals surface area contributed by atoms with Crippen LogP contribution in [-0.4, -0.2) is 35.4 Å². The molecule has 0 aliphatic carbocycles. The van der Waals surface area contributed by atoms with Crippen molar-refractivity contribution in [1.82, 2.24) is 20.4 Å². The van der Waals surface area contributed by atoms with E-state index in [-0.39, 0.29) is 30.1 Å². The molecule has 156 valence electrons. The average Bonchev–Trinajstić information content (AvgIpc) is 2.96. The molecule has 0 radical (unpaired) electrons. The molecule has 2 rings (SSSR count). The summed E-state index contributed by atoms with van der Waals surface area (Å²) in [5.74, 6) is 1.66. The molecule has 0 aliphatic rings. The highest BCUT2D eigenvalue weighted by molar-refractivity contribution is 14.0. The first-order valence-corrected chi connectivity index (χ1v) is 9.69. The zero-order chi connectivity index (χ0) is 19.8. The van der Waals surface area contributed by atoms with Gasteiger partial charge in [0, 0.05) is 31.9 Å². The van der Waals surface area contributed by atoms with E-state index in [1.54, 1.807) is 7.05 Å². The number of aromatic nitrogens is 2. The zero-order valence-electron chi connectivity index (χ0n) is 17.9. The number of rotatable bonds is 8. The first-order valence-electron chi connectivity index (χ1n) is 9.69. The minimum absolute atomic E-state index is 0. The molecule has 1 unspecified atom stereocenters.